The van der Waals surface area contributed by atoms with Gasteiger partial charge in [-0.15, -0.1) is 0 Å². The lowest BCUT2D eigenvalue weighted by Crippen LogP contribution is -2.07. The summed E-state index contributed by atoms with van der Waals surface area (Å²) in [6.45, 7) is 9.30. The molecule has 2 aromatic rings. The number of hydrogen-bond donors (Lipinski definition) is 0. The molecule has 0 saturated carbocycles. The minimum atomic E-state index is -0.229. The second-order valence-electron chi connectivity index (χ2n) is 5.46. The summed E-state index contributed by atoms with van der Waals surface area (Å²) >= 11 is 0. The van der Waals surface area contributed by atoms with Crippen molar-refractivity contribution in [3.63, 3.8) is 0 Å². The van der Waals surface area contributed by atoms with Gasteiger partial charge >= 0.3 is 0 Å². The van der Waals surface area contributed by atoms with Crippen LogP contribution in [0, 0.1) is 5.82 Å². The number of benzene rings is 2. The zero-order valence-electron chi connectivity index (χ0n) is 13.8. The molecule has 3 heteroatoms. The molecule has 0 heterocycles. The first-order chi connectivity index (χ1) is 11.7. The monoisotopic (exact) mass is 326 g/mol. The summed E-state index contributed by atoms with van der Waals surface area (Å²) in [6.07, 6.45) is 3.63. The molecule has 0 aliphatic carbocycles. The van der Waals surface area contributed by atoms with Gasteiger partial charge in [0.05, 0.1) is 6.61 Å². The number of hydrogen-bond acceptors (Lipinski definition) is 2. The molecule has 0 amide bonds. The lowest BCUT2D eigenvalue weighted by molar-refractivity contribution is 0.0986. The summed E-state index contributed by atoms with van der Waals surface area (Å²) < 4.78 is 24.1. The molecule has 0 aromatic heterocycles. The molecule has 0 bridgehead atoms. The van der Waals surface area contributed by atoms with Gasteiger partial charge < -0.3 is 9.47 Å². The molecule has 0 fully saturated rings. The molecule has 0 unspecified atom stereocenters. The van der Waals surface area contributed by atoms with Gasteiger partial charge in [-0.05, 0) is 48.2 Å². The maximum atomic E-state index is 12.9. The third-order valence-electron chi connectivity index (χ3n) is 3.60. The molecule has 2 rings (SSSR count). The summed E-state index contributed by atoms with van der Waals surface area (Å²) in [6, 6.07) is 14.2. The molecular formula is C21H23FO2. The Balaban J connectivity index is 1.68. The van der Waals surface area contributed by atoms with E-state index < -0.39 is 0 Å². The first kappa shape index (κ1) is 18.0. The Labute approximate surface area is 143 Å². The van der Waals surface area contributed by atoms with Gasteiger partial charge in [0.1, 0.15) is 18.2 Å². The van der Waals surface area contributed by atoms with Crippen molar-refractivity contribution in [2.75, 3.05) is 19.8 Å². The fourth-order valence-electron chi connectivity index (χ4n) is 2.21. The predicted molar refractivity (Wildman–Crippen MR) is 96.7 cm³/mol. The van der Waals surface area contributed by atoms with E-state index in [0.29, 0.717) is 19.8 Å². The Kier molecular flexibility index (Phi) is 7.24. The van der Waals surface area contributed by atoms with Crippen molar-refractivity contribution in [2.24, 2.45) is 0 Å². The summed E-state index contributed by atoms with van der Waals surface area (Å²) in [5, 5.41) is 0. The van der Waals surface area contributed by atoms with E-state index >= 15 is 0 Å². The topological polar surface area (TPSA) is 18.5 Å². The Hall–Kier alpha value is -2.39. The average molecular weight is 326 g/mol. The first-order valence-corrected chi connectivity index (χ1v) is 8.06. The molecule has 24 heavy (non-hydrogen) atoms. The predicted octanol–water partition coefficient (Wildman–Crippen LogP) is 5.41. The number of rotatable bonds is 10. The molecular weight excluding hydrogens is 303 g/mol. The van der Waals surface area contributed by atoms with Gasteiger partial charge in [-0.2, -0.15) is 0 Å². The van der Waals surface area contributed by atoms with Crippen LogP contribution >= 0.6 is 0 Å². The zero-order valence-corrected chi connectivity index (χ0v) is 13.8. The quantitative estimate of drug-likeness (QED) is 0.429. The molecule has 0 aliphatic rings. The fourth-order valence-corrected chi connectivity index (χ4v) is 2.21. The van der Waals surface area contributed by atoms with Crippen LogP contribution in [-0.4, -0.2) is 19.8 Å². The number of halogens is 1. The zero-order chi connectivity index (χ0) is 17.2. The van der Waals surface area contributed by atoms with Crippen molar-refractivity contribution in [1.82, 2.24) is 0 Å². The van der Waals surface area contributed by atoms with Crippen LogP contribution in [-0.2, 0) is 4.74 Å². The van der Waals surface area contributed by atoms with Crippen LogP contribution in [0.1, 0.15) is 12.8 Å². The highest BCUT2D eigenvalue weighted by molar-refractivity contribution is 5.63. The third-order valence-corrected chi connectivity index (χ3v) is 3.60. The number of ether oxygens (including phenoxy) is 2. The Morgan fingerprint density at radius 2 is 1.54 bits per heavy atom. The van der Waals surface area contributed by atoms with E-state index in [0.717, 1.165) is 35.3 Å². The van der Waals surface area contributed by atoms with Crippen molar-refractivity contribution in [3.8, 4) is 16.9 Å². The second-order valence-corrected chi connectivity index (χ2v) is 5.46. The van der Waals surface area contributed by atoms with Crippen molar-refractivity contribution >= 4 is 0 Å². The first-order valence-electron chi connectivity index (χ1n) is 8.06. The minimum absolute atomic E-state index is 0.229. The summed E-state index contributed by atoms with van der Waals surface area (Å²) in [5.41, 5.74) is 3.05. The molecule has 0 N–H and O–H groups in total. The van der Waals surface area contributed by atoms with Crippen molar-refractivity contribution in [3.05, 3.63) is 79.2 Å². The van der Waals surface area contributed by atoms with Crippen molar-refractivity contribution < 1.29 is 13.9 Å². The highest BCUT2D eigenvalue weighted by Crippen LogP contribution is 2.22. The molecule has 126 valence electrons. The Bertz CT molecular complexity index is 645. The highest BCUT2D eigenvalue weighted by atomic mass is 19.1. The van der Waals surface area contributed by atoms with Gasteiger partial charge in [-0.25, -0.2) is 4.39 Å². The lowest BCUT2D eigenvalue weighted by atomic mass is 10.1. The van der Waals surface area contributed by atoms with Crippen molar-refractivity contribution in [1.29, 1.82) is 0 Å². The van der Waals surface area contributed by atoms with Crippen LogP contribution in [0.3, 0.4) is 0 Å². The van der Waals surface area contributed by atoms with E-state index in [9.17, 15) is 4.39 Å². The van der Waals surface area contributed by atoms with Crippen LogP contribution in [0.15, 0.2) is 73.3 Å². The van der Waals surface area contributed by atoms with Gasteiger partial charge in [-0.3, -0.25) is 0 Å². The molecule has 0 atom stereocenters. The van der Waals surface area contributed by atoms with E-state index in [-0.39, 0.29) is 5.82 Å². The molecule has 2 aromatic carbocycles. The van der Waals surface area contributed by atoms with E-state index in [1.165, 1.54) is 12.1 Å². The smallest absolute Gasteiger partial charge is 0.123 e. The number of allylic oxidation sites excluding steroid dienone is 2. The lowest BCUT2D eigenvalue weighted by Gasteiger charge is -2.08. The standard InChI is InChI=1S/C21H23FO2/c1-3-17(2)5-4-14-23-15-16-24-21-12-8-19(9-13-21)18-6-10-20(22)11-7-18/h3,6-13H,1-2,4-5,14-16H2. The van der Waals surface area contributed by atoms with Gasteiger partial charge in [0.25, 0.3) is 0 Å². The van der Waals surface area contributed by atoms with Gasteiger partial charge in [-0.1, -0.05) is 49.1 Å². The molecule has 0 aliphatic heterocycles. The minimum Gasteiger partial charge on any atom is -0.491 e. The van der Waals surface area contributed by atoms with E-state index in [2.05, 4.69) is 13.2 Å². The third kappa shape index (κ3) is 6.01. The van der Waals surface area contributed by atoms with Crippen LogP contribution in [0.25, 0.3) is 11.1 Å². The van der Waals surface area contributed by atoms with Crippen LogP contribution in [0.2, 0.25) is 0 Å². The largest absolute Gasteiger partial charge is 0.491 e. The van der Waals surface area contributed by atoms with Crippen LogP contribution in [0.4, 0.5) is 4.39 Å². The van der Waals surface area contributed by atoms with E-state index in [1.54, 1.807) is 18.2 Å². The highest BCUT2D eigenvalue weighted by Gasteiger charge is 2.00. The summed E-state index contributed by atoms with van der Waals surface area (Å²) in [4.78, 5) is 0. The molecule has 0 saturated heterocycles. The van der Waals surface area contributed by atoms with Gasteiger partial charge in [0.2, 0.25) is 0 Å². The Morgan fingerprint density at radius 3 is 2.17 bits per heavy atom. The Morgan fingerprint density at radius 1 is 0.917 bits per heavy atom. The second kappa shape index (κ2) is 9.68. The van der Waals surface area contributed by atoms with Crippen LogP contribution < -0.4 is 4.74 Å². The van der Waals surface area contributed by atoms with E-state index in [4.69, 9.17) is 9.47 Å². The molecule has 0 spiro atoms. The normalized spacial score (nSPS) is 10.4. The summed E-state index contributed by atoms with van der Waals surface area (Å²) in [7, 11) is 0. The molecule has 2 nitrogen and oxygen atoms in total. The SMILES string of the molecule is C=CC(=C)CCCOCCOc1ccc(-c2ccc(F)cc2)cc1. The average Bonchev–Trinajstić information content (AvgIpc) is 2.62. The van der Waals surface area contributed by atoms with Crippen molar-refractivity contribution in [2.45, 2.75) is 12.8 Å². The maximum Gasteiger partial charge on any atom is 0.123 e. The van der Waals surface area contributed by atoms with Crippen LogP contribution in [0.5, 0.6) is 5.75 Å². The summed E-state index contributed by atoms with van der Waals surface area (Å²) in [5.74, 6) is 0.567. The fraction of sp³-hybridized carbons (Fsp3) is 0.238. The van der Waals surface area contributed by atoms with Gasteiger partial charge in [0.15, 0.2) is 0 Å². The maximum absolute atomic E-state index is 12.9. The van der Waals surface area contributed by atoms with Gasteiger partial charge in [0, 0.05) is 6.61 Å². The van der Waals surface area contributed by atoms with E-state index in [1.807, 2.05) is 24.3 Å². The molecule has 0 radical (unpaired) electrons.